The summed E-state index contributed by atoms with van der Waals surface area (Å²) in [5.41, 5.74) is 7.19. The van der Waals surface area contributed by atoms with Gasteiger partial charge in [0.1, 0.15) is 0 Å². The highest BCUT2D eigenvalue weighted by atomic mass is 16.5. The van der Waals surface area contributed by atoms with Crippen LogP contribution in [-0.4, -0.2) is 24.2 Å². The average Bonchev–Trinajstić information content (AvgIpc) is 3.08. The summed E-state index contributed by atoms with van der Waals surface area (Å²) in [6.07, 6.45) is 4.97. The Morgan fingerprint density at radius 2 is 2.15 bits per heavy atom. The lowest BCUT2D eigenvalue weighted by Crippen LogP contribution is -2.41. The van der Waals surface area contributed by atoms with Crippen LogP contribution in [0.15, 0.2) is 30.3 Å². The minimum absolute atomic E-state index is 0.0711. The lowest BCUT2D eigenvalue weighted by molar-refractivity contribution is -0.122. The molecule has 2 bridgehead atoms. The minimum Gasteiger partial charge on any atom is -0.373 e. The number of nitrogens with two attached hydrogens (primary N) is 1. The number of benzene rings is 1. The van der Waals surface area contributed by atoms with E-state index >= 15 is 0 Å². The maximum Gasteiger partial charge on any atom is 0.220 e. The van der Waals surface area contributed by atoms with Crippen LogP contribution in [0.1, 0.15) is 43.7 Å². The van der Waals surface area contributed by atoms with Crippen LogP contribution in [-0.2, 0) is 9.53 Å². The van der Waals surface area contributed by atoms with E-state index in [0.29, 0.717) is 18.9 Å². The van der Waals surface area contributed by atoms with Gasteiger partial charge in [0, 0.05) is 12.5 Å². The summed E-state index contributed by atoms with van der Waals surface area (Å²) in [7, 11) is 0. The number of fused-ring (bicyclic) bond motifs is 2. The molecule has 3 rings (SSSR count). The van der Waals surface area contributed by atoms with E-state index in [1.807, 2.05) is 30.3 Å². The highest BCUT2D eigenvalue weighted by Gasteiger charge is 2.41. The number of hydrogen-bond acceptors (Lipinski definition) is 3. The number of nitrogens with one attached hydrogen (secondary N) is 1. The van der Waals surface area contributed by atoms with E-state index in [1.165, 1.54) is 0 Å². The molecular formula is C16H22N2O2. The van der Waals surface area contributed by atoms with Crippen LogP contribution < -0.4 is 11.1 Å². The Morgan fingerprint density at radius 1 is 1.35 bits per heavy atom. The van der Waals surface area contributed by atoms with Crippen LogP contribution in [0.3, 0.4) is 0 Å². The zero-order valence-electron chi connectivity index (χ0n) is 11.6. The normalized spacial score (nSPS) is 29.4. The van der Waals surface area contributed by atoms with Crippen LogP contribution in [0.5, 0.6) is 0 Å². The summed E-state index contributed by atoms with van der Waals surface area (Å²) in [5.74, 6) is 0.0949. The Morgan fingerprint density at radius 3 is 2.80 bits per heavy atom. The molecule has 2 aliphatic rings. The quantitative estimate of drug-likeness (QED) is 0.862. The van der Waals surface area contributed by atoms with Crippen LogP contribution in [0, 0.1) is 0 Å². The summed E-state index contributed by atoms with van der Waals surface area (Å²) in [6, 6.07) is 10.1. The van der Waals surface area contributed by atoms with Gasteiger partial charge in [-0.3, -0.25) is 4.79 Å². The predicted octanol–water partition coefficient (Wildman–Crippen LogP) is 1.90. The van der Waals surface area contributed by atoms with E-state index in [-0.39, 0.29) is 24.1 Å². The van der Waals surface area contributed by atoms with Crippen LogP contribution >= 0.6 is 0 Å². The minimum atomic E-state index is -0.0711. The molecule has 2 saturated heterocycles. The molecule has 0 saturated carbocycles. The topological polar surface area (TPSA) is 64.4 Å². The summed E-state index contributed by atoms with van der Waals surface area (Å²) < 4.78 is 5.74. The second-order valence-electron chi connectivity index (χ2n) is 5.84. The third kappa shape index (κ3) is 3.02. The highest BCUT2D eigenvalue weighted by Crippen LogP contribution is 2.34. The van der Waals surface area contributed by atoms with Crippen LogP contribution in [0.4, 0.5) is 0 Å². The fourth-order valence-electron chi connectivity index (χ4n) is 3.22. The number of carbonyl (C=O) groups excluding carboxylic acids is 1. The summed E-state index contributed by atoms with van der Waals surface area (Å²) in [4.78, 5) is 12.0. The van der Waals surface area contributed by atoms with Gasteiger partial charge in [-0.15, -0.1) is 0 Å². The van der Waals surface area contributed by atoms with Gasteiger partial charge < -0.3 is 15.8 Å². The SMILES string of the molecule is NC(CCC(=O)NC1CC2CCC1O2)c1ccccc1. The molecule has 1 aromatic rings. The van der Waals surface area contributed by atoms with Crippen LogP contribution in [0.25, 0.3) is 0 Å². The second kappa shape index (κ2) is 5.94. The molecule has 1 amide bonds. The van der Waals surface area contributed by atoms with Crippen molar-refractivity contribution in [1.29, 1.82) is 0 Å². The van der Waals surface area contributed by atoms with Crippen molar-refractivity contribution >= 4 is 5.91 Å². The molecule has 2 heterocycles. The van der Waals surface area contributed by atoms with Crippen molar-refractivity contribution in [3.63, 3.8) is 0 Å². The first-order valence-corrected chi connectivity index (χ1v) is 7.48. The summed E-state index contributed by atoms with van der Waals surface area (Å²) >= 11 is 0. The molecule has 3 N–H and O–H groups in total. The van der Waals surface area contributed by atoms with Crippen molar-refractivity contribution in [2.24, 2.45) is 5.73 Å². The van der Waals surface area contributed by atoms with Crippen molar-refractivity contribution in [2.75, 3.05) is 0 Å². The molecule has 2 fully saturated rings. The Bertz CT molecular complexity index is 463. The molecule has 2 aliphatic heterocycles. The zero-order chi connectivity index (χ0) is 13.9. The van der Waals surface area contributed by atoms with Crippen molar-refractivity contribution in [3.8, 4) is 0 Å². The Balaban J connectivity index is 1.43. The molecule has 4 atom stereocenters. The first-order chi connectivity index (χ1) is 9.72. The van der Waals surface area contributed by atoms with E-state index in [4.69, 9.17) is 10.5 Å². The number of ether oxygens (including phenoxy) is 1. The van der Waals surface area contributed by atoms with Gasteiger partial charge in [0.05, 0.1) is 18.2 Å². The third-order valence-corrected chi connectivity index (χ3v) is 4.36. The molecule has 4 nitrogen and oxygen atoms in total. The molecular weight excluding hydrogens is 252 g/mol. The molecule has 0 aromatic heterocycles. The molecule has 0 spiro atoms. The molecule has 4 heteroatoms. The van der Waals surface area contributed by atoms with E-state index in [9.17, 15) is 4.79 Å². The molecule has 4 unspecified atom stereocenters. The second-order valence-corrected chi connectivity index (χ2v) is 5.84. The van der Waals surface area contributed by atoms with Gasteiger partial charge >= 0.3 is 0 Å². The fourth-order valence-corrected chi connectivity index (χ4v) is 3.22. The number of carbonyl (C=O) groups is 1. The maximum absolute atomic E-state index is 12.0. The van der Waals surface area contributed by atoms with Gasteiger partial charge in [-0.05, 0) is 31.2 Å². The zero-order valence-corrected chi connectivity index (χ0v) is 11.6. The lowest BCUT2D eigenvalue weighted by Gasteiger charge is -2.20. The fraction of sp³-hybridized carbons (Fsp3) is 0.562. The Kier molecular flexibility index (Phi) is 4.03. The lowest BCUT2D eigenvalue weighted by atomic mass is 9.95. The Labute approximate surface area is 119 Å². The largest absolute Gasteiger partial charge is 0.373 e. The van der Waals surface area contributed by atoms with Crippen molar-refractivity contribution in [1.82, 2.24) is 5.32 Å². The van der Waals surface area contributed by atoms with Gasteiger partial charge in [-0.2, -0.15) is 0 Å². The third-order valence-electron chi connectivity index (χ3n) is 4.36. The first kappa shape index (κ1) is 13.6. The maximum atomic E-state index is 12.0. The van der Waals surface area contributed by atoms with Crippen LogP contribution in [0.2, 0.25) is 0 Å². The van der Waals surface area contributed by atoms with Crippen molar-refractivity contribution in [3.05, 3.63) is 35.9 Å². The van der Waals surface area contributed by atoms with Gasteiger partial charge in [-0.1, -0.05) is 30.3 Å². The highest BCUT2D eigenvalue weighted by molar-refractivity contribution is 5.76. The van der Waals surface area contributed by atoms with Gasteiger partial charge in [0.15, 0.2) is 0 Å². The predicted molar refractivity (Wildman–Crippen MR) is 77.0 cm³/mol. The molecule has 1 aromatic carbocycles. The summed E-state index contributed by atoms with van der Waals surface area (Å²) in [6.45, 7) is 0. The molecule has 0 aliphatic carbocycles. The number of rotatable bonds is 5. The van der Waals surface area contributed by atoms with Gasteiger partial charge in [0.2, 0.25) is 5.91 Å². The standard InChI is InChI=1S/C16H22N2O2/c17-13(11-4-2-1-3-5-11)7-9-16(19)18-14-10-12-6-8-15(14)20-12/h1-5,12-15H,6-10,17H2,(H,18,19). The first-order valence-electron chi connectivity index (χ1n) is 7.48. The number of hydrogen-bond donors (Lipinski definition) is 2. The van der Waals surface area contributed by atoms with Gasteiger partial charge in [-0.25, -0.2) is 0 Å². The van der Waals surface area contributed by atoms with E-state index in [2.05, 4.69) is 5.32 Å². The number of amides is 1. The van der Waals surface area contributed by atoms with Crippen molar-refractivity contribution < 1.29 is 9.53 Å². The molecule has 0 radical (unpaired) electrons. The van der Waals surface area contributed by atoms with Gasteiger partial charge in [0.25, 0.3) is 0 Å². The Hall–Kier alpha value is -1.39. The van der Waals surface area contributed by atoms with E-state index in [1.54, 1.807) is 0 Å². The van der Waals surface area contributed by atoms with E-state index < -0.39 is 0 Å². The summed E-state index contributed by atoms with van der Waals surface area (Å²) in [5, 5.41) is 3.10. The molecule has 108 valence electrons. The van der Waals surface area contributed by atoms with Crippen molar-refractivity contribution in [2.45, 2.75) is 56.4 Å². The monoisotopic (exact) mass is 274 g/mol. The molecule has 20 heavy (non-hydrogen) atoms. The van der Waals surface area contributed by atoms with E-state index in [0.717, 1.165) is 24.8 Å². The average molecular weight is 274 g/mol. The smallest absolute Gasteiger partial charge is 0.220 e.